The van der Waals surface area contributed by atoms with Crippen LogP contribution in [0.2, 0.25) is 0 Å². The van der Waals surface area contributed by atoms with Crippen molar-refractivity contribution in [2.75, 3.05) is 19.7 Å². The first-order valence-corrected chi connectivity index (χ1v) is 7.51. The second-order valence-corrected chi connectivity index (χ2v) is 5.57. The summed E-state index contributed by atoms with van der Waals surface area (Å²) in [5.41, 5.74) is 6.28. The lowest BCUT2D eigenvalue weighted by molar-refractivity contribution is -0.127. The number of carbonyl (C=O) groups is 1. The molecule has 2 heterocycles. The van der Waals surface area contributed by atoms with Gasteiger partial charge in [-0.1, -0.05) is 12.1 Å². The molecule has 0 unspecified atom stereocenters. The Morgan fingerprint density at radius 2 is 2.22 bits per heavy atom. The molecule has 0 spiro atoms. The predicted octanol–water partition coefficient (Wildman–Crippen LogP) is 0.950. The van der Waals surface area contributed by atoms with E-state index in [4.69, 9.17) is 10.5 Å². The lowest BCUT2D eigenvalue weighted by Gasteiger charge is -2.37. The van der Waals surface area contributed by atoms with Crippen molar-refractivity contribution in [2.24, 2.45) is 5.73 Å². The van der Waals surface area contributed by atoms with Crippen LogP contribution in [0.4, 0.5) is 4.39 Å². The van der Waals surface area contributed by atoms with Gasteiger partial charge in [-0.25, -0.2) is 4.39 Å². The van der Waals surface area contributed by atoms with Crippen LogP contribution in [-0.2, 0) is 16.1 Å². The van der Waals surface area contributed by atoms with Crippen molar-refractivity contribution in [2.45, 2.75) is 18.7 Å². The van der Waals surface area contributed by atoms with E-state index in [-0.39, 0.29) is 11.9 Å². The summed E-state index contributed by atoms with van der Waals surface area (Å²) < 4.78 is 20.7. The number of halogens is 1. The number of ether oxygens (including phenoxy) is 1. The van der Waals surface area contributed by atoms with Crippen LogP contribution >= 0.6 is 0 Å². The average Bonchev–Trinajstić information content (AvgIpc) is 3.02. The molecule has 0 saturated carbocycles. The highest BCUT2D eigenvalue weighted by atomic mass is 19.1. The summed E-state index contributed by atoms with van der Waals surface area (Å²) in [5.74, 6) is -0.785. The number of aromatic nitrogens is 2. The van der Waals surface area contributed by atoms with E-state index in [1.165, 1.54) is 12.1 Å². The molecular weight excluding hydrogens is 299 g/mol. The van der Waals surface area contributed by atoms with Gasteiger partial charge in [0.25, 0.3) is 0 Å². The summed E-state index contributed by atoms with van der Waals surface area (Å²) in [6.07, 6.45) is 3.50. The summed E-state index contributed by atoms with van der Waals surface area (Å²) in [4.78, 5) is 13.9. The lowest BCUT2D eigenvalue weighted by Crippen LogP contribution is -2.49. The molecule has 1 fully saturated rings. The molecule has 7 heteroatoms. The Hall–Kier alpha value is -2.25. The number of hydrogen-bond donors (Lipinski definition) is 1. The average molecular weight is 318 g/mol. The monoisotopic (exact) mass is 318 g/mol. The summed E-state index contributed by atoms with van der Waals surface area (Å²) >= 11 is 0. The van der Waals surface area contributed by atoms with Crippen molar-refractivity contribution in [1.29, 1.82) is 0 Å². The van der Waals surface area contributed by atoms with Gasteiger partial charge in [0, 0.05) is 25.5 Å². The van der Waals surface area contributed by atoms with Crippen molar-refractivity contribution in [3.63, 3.8) is 0 Å². The summed E-state index contributed by atoms with van der Waals surface area (Å²) in [7, 11) is 0. The summed E-state index contributed by atoms with van der Waals surface area (Å²) in [6, 6.07) is 7.15. The highest BCUT2D eigenvalue weighted by Gasteiger charge is 2.31. The number of nitrogens with zero attached hydrogens (tertiary/aromatic N) is 3. The molecule has 0 bridgehead atoms. The molecule has 1 aromatic heterocycles. The Morgan fingerprint density at radius 3 is 2.87 bits per heavy atom. The van der Waals surface area contributed by atoms with Crippen LogP contribution in [0, 0.1) is 5.82 Å². The molecule has 1 aliphatic heterocycles. The number of hydrogen-bond acceptors (Lipinski definition) is 4. The highest BCUT2D eigenvalue weighted by molar-refractivity contribution is 5.81. The first-order chi connectivity index (χ1) is 11.1. The number of primary amides is 1. The van der Waals surface area contributed by atoms with E-state index in [1.54, 1.807) is 23.0 Å². The number of benzene rings is 1. The molecule has 0 aliphatic carbocycles. The van der Waals surface area contributed by atoms with Gasteiger partial charge < -0.3 is 10.5 Å². The van der Waals surface area contributed by atoms with Crippen LogP contribution in [0.25, 0.3) is 0 Å². The molecule has 2 aromatic rings. The molecule has 6 nitrogen and oxygen atoms in total. The standard InChI is InChI=1S/C16H19FN4O2/c17-13-4-2-12(3-5-13)15(16(18)22)20-8-9-23-14(10-20)11-21-7-1-6-19-21/h1-7,14-15H,8-11H2,(H2,18,22)/t14-,15-/m1/s1. The van der Waals surface area contributed by atoms with E-state index in [0.717, 1.165) is 0 Å². The number of amides is 1. The van der Waals surface area contributed by atoms with Crippen molar-refractivity contribution >= 4 is 5.91 Å². The Labute approximate surface area is 133 Å². The van der Waals surface area contributed by atoms with Gasteiger partial charge in [-0.2, -0.15) is 5.10 Å². The minimum atomic E-state index is -0.584. The van der Waals surface area contributed by atoms with E-state index in [2.05, 4.69) is 5.10 Å². The van der Waals surface area contributed by atoms with Gasteiger partial charge in [0.15, 0.2) is 0 Å². The summed E-state index contributed by atoms with van der Waals surface area (Å²) in [5, 5.41) is 4.17. The third kappa shape index (κ3) is 3.75. The second-order valence-electron chi connectivity index (χ2n) is 5.57. The normalized spacial score (nSPS) is 20.3. The smallest absolute Gasteiger partial charge is 0.239 e. The maximum absolute atomic E-state index is 13.1. The zero-order chi connectivity index (χ0) is 16.2. The molecule has 2 N–H and O–H groups in total. The van der Waals surface area contributed by atoms with E-state index in [1.807, 2.05) is 17.2 Å². The van der Waals surface area contributed by atoms with E-state index in [0.29, 0.717) is 31.8 Å². The maximum Gasteiger partial charge on any atom is 0.239 e. The fourth-order valence-corrected chi connectivity index (χ4v) is 2.90. The van der Waals surface area contributed by atoms with Gasteiger partial charge in [0.2, 0.25) is 5.91 Å². The topological polar surface area (TPSA) is 73.4 Å². The van der Waals surface area contributed by atoms with Gasteiger partial charge >= 0.3 is 0 Å². The number of morpholine rings is 1. The zero-order valence-corrected chi connectivity index (χ0v) is 12.6. The third-order valence-corrected chi connectivity index (χ3v) is 3.94. The molecule has 23 heavy (non-hydrogen) atoms. The largest absolute Gasteiger partial charge is 0.374 e. The van der Waals surface area contributed by atoms with Crippen LogP contribution in [0.5, 0.6) is 0 Å². The van der Waals surface area contributed by atoms with Gasteiger partial charge in [0.1, 0.15) is 11.9 Å². The van der Waals surface area contributed by atoms with E-state index in [9.17, 15) is 9.18 Å². The van der Waals surface area contributed by atoms with Crippen LogP contribution in [0.15, 0.2) is 42.7 Å². The van der Waals surface area contributed by atoms with Crippen LogP contribution in [0.1, 0.15) is 11.6 Å². The Balaban J connectivity index is 1.74. The summed E-state index contributed by atoms with van der Waals surface area (Å²) in [6.45, 7) is 2.28. The van der Waals surface area contributed by atoms with Crippen molar-refractivity contribution in [3.05, 3.63) is 54.1 Å². The molecule has 3 rings (SSSR count). The lowest BCUT2D eigenvalue weighted by atomic mass is 10.0. The number of carbonyl (C=O) groups excluding carboxylic acids is 1. The first-order valence-electron chi connectivity index (χ1n) is 7.51. The van der Waals surface area contributed by atoms with Crippen LogP contribution in [-0.4, -0.2) is 46.4 Å². The number of rotatable bonds is 5. The van der Waals surface area contributed by atoms with Gasteiger partial charge in [0.05, 0.1) is 19.3 Å². The quantitative estimate of drug-likeness (QED) is 0.891. The van der Waals surface area contributed by atoms with Gasteiger partial charge in [-0.3, -0.25) is 14.4 Å². The second kappa shape index (κ2) is 6.89. The number of nitrogens with two attached hydrogens (primary N) is 1. The first kappa shape index (κ1) is 15.6. The molecule has 0 radical (unpaired) electrons. The molecule has 1 amide bonds. The minimum Gasteiger partial charge on any atom is -0.374 e. The minimum absolute atomic E-state index is 0.0778. The molecular formula is C16H19FN4O2. The molecule has 1 saturated heterocycles. The van der Waals surface area contributed by atoms with Gasteiger partial charge in [-0.15, -0.1) is 0 Å². The maximum atomic E-state index is 13.1. The highest BCUT2D eigenvalue weighted by Crippen LogP contribution is 2.23. The SMILES string of the molecule is NC(=O)[C@@H](c1ccc(F)cc1)N1CCO[C@@H](Cn2cccn2)C1. The Morgan fingerprint density at radius 1 is 1.43 bits per heavy atom. The van der Waals surface area contributed by atoms with Crippen LogP contribution < -0.4 is 5.73 Å². The Bertz CT molecular complexity index is 645. The molecule has 122 valence electrons. The van der Waals surface area contributed by atoms with E-state index >= 15 is 0 Å². The van der Waals surface area contributed by atoms with E-state index < -0.39 is 11.9 Å². The van der Waals surface area contributed by atoms with Crippen molar-refractivity contribution in [1.82, 2.24) is 14.7 Å². The molecule has 1 aliphatic rings. The Kier molecular flexibility index (Phi) is 4.68. The fraction of sp³-hybridized carbons (Fsp3) is 0.375. The van der Waals surface area contributed by atoms with Crippen molar-refractivity contribution < 1.29 is 13.9 Å². The van der Waals surface area contributed by atoms with Crippen LogP contribution in [0.3, 0.4) is 0 Å². The fourth-order valence-electron chi connectivity index (χ4n) is 2.90. The molecule has 2 atom stereocenters. The molecule has 1 aromatic carbocycles. The third-order valence-electron chi connectivity index (χ3n) is 3.94. The van der Waals surface area contributed by atoms with Gasteiger partial charge in [-0.05, 0) is 23.8 Å². The van der Waals surface area contributed by atoms with Crippen molar-refractivity contribution in [3.8, 4) is 0 Å². The predicted molar refractivity (Wildman–Crippen MR) is 81.9 cm³/mol. The zero-order valence-electron chi connectivity index (χ0n) is 12.6.